The summed E-state index contributed by atoms with van der Waals surface area (Å²) in [6.45, 7) is 9.17. The lowest BCUT2D eigenvalue weighted by atomic mass is 10.0. The first-order chi connectivity index (χ1) is 12.0. The molecular weight excluding hydrogens is 312 g/mol. The number of rotatable bonds is 7. The molecule has 0 saturated carbocycles. The van der Waals surface area contributed by atoms with Gasteiger partial charge in [-0.1, -0.05) is 52.0 Å². The number of aliphatic hydroxyl groups excluding tert-OH is 2. The van der Waals surface area contributed by atoms with Crippen molar-refractivity contribution < 1.29 is 14.9 Å². The Labute approximate surface area is 152 Å². The van der Waals surface area contributed by atoms with Crippen LogP contribution in [0.15, 0.2) is 48.5 Å². The normalized spacial score (nSPS) is 10.6. The number of aliphatic hydroxyl groups is 2. The summed E-state index contributed by atoms with van der Waals surface area (Å²) in [5, 5.41) is 16.2. The topological polar surface area (TPSA) is 49.7 Å². The molecule has 0 atom stereocenters. The van der Waals surface area contributed by atoms with Crippen molar-refractivity contribution in [3.8, 4) is 11.5 Å². The minimum Gasteiger partial charge on any atom is -0.457 e. The van der Waals surface area contributed by atoms with Gasteiger partial charge in [-0.2, -0.15) is 0 Å². The summed E-state index contributed by atoms with van der Waals surface area (Å²) >= 11 is 0. The van der Waals surface area contributed by atoms with Crippen LogP contribution >= 0.6 is 0 Å². The van der Waals surface area contributed by atoms with E-state index in [1.165, 1.54) is 11.1 Å². The number of benzene rings is 2. The van der Waals surface area contributed by atoms with Gasteiger partial charge in [0.25, 0.3) is 0 Å². The predicted octanol–water partition coefficient (Wildman–Crippen LogP) is 5.48. The van der Waals surface area contributed by atoms with Crippen LogP contribution in [-0.4, -0.2) is 23.4 Å². The molecule has 3 nitrogen and oxygen atoms in total. The zero-order chi connectivity index (χ0) is 18.7. The molecule has 0 aliphatic rings. The van der Waals surface area contributed by atoms with Crippen molar-refractivity contribution in [3.63, 3.8) is 0 Å². The van der Waals surface area contributed by atoms with Gasteiger partial charge in [-0.15, -0.1) is 0 Å². The van der Waals surface area contributed by atoms with Gasteiger partial charge in [0.2, 0.25) is 0 Å². The Balaban J connectivity index is 0.000000450. The smallest absolute Gasteiger partial charge is 0.127 e. The quantitative estimate of drug-likeness (QED) is 0.654. The van der Waals surface area contributed by atoms with Crippen molar-refractivity contribution in [1.29, 1.82) is 0 Å². The Morgan fingerprint density at radius 1 is 0.640 bits per heavy atom. The molecule has 2 aromatic carbocycles. The molecule has 0 saturated heterocycles. The molecule has 3 heteroatoms. The van der Waals surface area contributed by atoms with Crippen LogP contribution in [0.3, 0.4) is 0 Å². The molecule has 0 amide bonds. The Kier molecular flexibility index (Phi) is 9.90. The Bertz CT molecular complexity index is 518. The highest BCUT2D eigenvalue weighted by atomic mass is 16.5. The summed E-state index contributed by atoms with van der Waals surface area (Å²) in [4.78, 5) is 0. The molecule has 138 valence electrons. The molecular formula is C22H32O3. The first-order valence-corrected chi connectivity index (χ1v) is 9.07. The van der Waals surface area contributed by atoms with Crippen LogP contribution in [0.2, 0.25) is 0 Å². The highest BCUT2D eigenvalue weighted by Gasteiger charge is 2.02. The average Bonchev–Trinajstić information content (AvgIpc) is 2.61. The summed E-state index contributed by atoms with van der Waals surface area (Å²) in [5.41, 5.74) is 2.67. The van der Waals surface area contributed by atoms with Gasteiger partial charge in [0.15, 0.2) is 0 Å². The molecule has 0 unspecified atom stereocenters. The average molecular weight is 344 g/mol. The third-order valence-corrected chi connectivity index (χ3v) is 3.90. The van der Waals surface area contributed by atoms with E-state index >= 15 is 0 Å². The van der Waals surface area contributed by atoms with Crippen LogP contribution in [0.25, 0.3) is 0 Å². The van der Waals surface area contributed by atoms with Gasteiger partial charge < -0.3 is 14.9 Å². The van der Waals surface area contributed by atoms with Gasteiger partial charge in [0, 0.05) is 13.2 Å². The van der Waals surface area contributed by atoms with E-state index in [0.717, 1.165) is 24.3 Å². The van der Waals surface area contributed by atoms with Crippen molar-refractivity contribution in [3.05, 3.63) is 59.7 Å². The van der Waals surface area contributed by atoms with Crippen LogP contribution in [0.5, 0.6) is 11.5 Å². The maximum atomic E-state index is 8.09. The van der Waals surface area contributed by atoms with E-state index in [-0.39, 0.29) is 13.2 Å². The highest BCUT2D eigenvalue weighted by molar-refractivity contribution is 5.35. The molecule has 25 heavy (non-hydrogen) atoms. The monoisotopic (exact) mass is 344 g/mol. The molecule has 2 N–H and O–H groups in total. The zero-order valence-corrected chi connectivity index (χ0v) is 15.9. The Morgan fingerprint density at radius 2 is 0.960 bits per heavy atom. The van der Waals surface area contributed by atoms with Gasteiger partial charge in [0.05, 0.1) is 0 Å². The molecule has 0 aliphatic heterocycles. The van der Waals surface area contributed by atoms with Crippen LogP contribution in [0, 0.1) is 0 Å². The summed E-state index contributed by atoms with van der Waals surface area (Å²) in [6.07, 6.45) is 1.44. The number of hydrogen-bond acceptors (Lipinski definition) is 3. The van der Waals surface area contributed by atoms with E-state index in [1.807, 2.05) is 24.3 Å². The number of ether oxygens (including phenoxy) is 1. The molecule has 0 aliphatic carbocycles. The standard InChI is InChI=1S/C18H22O.C4H10O2/c1-13(2)15-5-9-17(10-6-15)19-18-11-7-16(8-12-18)14(3)4;5-3-1-2-4-6/h5-14H,1-4H3;5-6H,1-4H2. The van der Waals surface area contributed by atoms with Crippen molar-refractivity contribution in [1.82, 2.24) is 0 Å². The fourth-order valence-corrected chi connectivity index (χ4v) is 2.20. The van der Waals surface area contributed by atoms with Gasteiger partial charge in [0.1, 0.15) is 11.5 Å². The molecule has 0 bridgehead atoms. The fourth-order valence-electron chi connectivity index (χ4n) is 2.20. The second-order valence-electron chi connectivity index (χ2n) is 6.70. The third kappa shape index (κ3) is 8.19. The molecule has 0 fully saturated rings. The van der Waals surface area contributed by atoms with E-state index in [2.05, 4.69) is 52.0 Å². The van der Waals surface area contributed by atoms with Crippen LogP contribution < -0.4 is 4.74 Å². The molecule has 0 aromatic heterocycles. The second-order valence-corrected chi connectivity index (χ2v) is 6.70. The summed E-state index contributed by atoms with van der Waals surface area (Å²) in [5.74, 6) is 2.89. The molecule has 0 spiro atoms. The first-order valence-electron chi connectivity index (χ1n) is 9.07. The molecule has 2 aromatic rings. The SMILES string of the molecule is CC(C)c1ccc(Oc2ccc(C(C)C)cc2)cc1.OCCCCO. The van der Waals surface area contributed by atoms with Crippen LogP contribution in [0.1, 0.15) is 63.5 Å². The summed E-state index contributed by atoms with van der Waals surface area (Å²) < 4.78 is 5.85. The van der Waals surface area contributed by atoms with Crippen molar-refractivity contribution in [2.24, 2.45) is 0 Å². The van der Waals surface area contributed by atoms with Gasteiger partial charge in [-0.05, 0) is 60.1 Å². The maximum Gasteiger partial charge on any atom is 0.127 e. The minimum atomic E-state index is 0.195. The largest absolute Gasteiger partial charge is 0.457 e. The zero-order valence-electron chi connectivity index (χ0n) is 15.9. The van der Waals surface area contributed by atoms with E-state index in [1.54, 1.807) is 0 Å². The van der Waals surface area contributed by atoms with Crippen LogP contribution in [0.4, 0.5) is 0 Å². The van der Waals surface area contributed by atoms with Crippen molar-refractivity contribution >= 4 is 0 Å². The third-order valence-electron chi connectivity index (χ3n) is 3.90. The lowest BCUT2D eigenvalue weighted by Crippen LogP contribution is -1.90. The summed E-state index contributed by atoms with van der Waals surface area (Å²) in [6, 6.07) is 16.6. The van der Waals surface area contributed by atoms with Gasteiger partial charge in [-0.25, -0.2) is 0 Å². The lowest BCUT2D eigenvalue weighted by Gasteiger charge is -2.10. The second kappa shape index (κ2) is 11.7. The van der Waals surface area contributed by atoms with Crippen molar-refractivity contribution in [2.75, 3.05) is 13.2 Å². The fraction of sp³-hybridized carbons (Fsp3) is 0.455. The van der Waals surface area contributed by atoms with Gasteiger partial charge >= 0.3 is 0 Å². The lowest BCUT2D eigenvalue weighted by molar-refractivity contribution is 0.242. The van der Waals surface area contributed by atoms with E-state index in [0.29, 0.717) is 11.8 Å². The molecule has 2 rings (SSSR count). The number of hydrogen-bond donors (Lipinski definition) is 2. The van der Waals surface area contributed by atoms with E-state index in [4.69, 9.17) is 14.9 Å². The predicted molar refractivity (Wildman–Crippen MR) is 105 cm³/mol. The number of unbranched alkanes of at least 4 members (excludes halogenated alkanes) is 1. The van der Waals surface area contributed by atoms with E-state index < -0.39 is 0 Å². The first kappa shape index (κ1) is 21.2. The van der Waals surface area contributed by atoms with E-state index in [9.17, 15) is 0 Å². The highest BCUT2D eigenvalue weighted by Crippen LogP contribution is 2.25. The van der Waals surface area contributed by atoms with Gasteiger partial charge in [-0.3, -0.25) is 0 Å². The molecule has 0 heterocycles. The summed E-state index contributed by atoms with van der Waals surface area (Å²) in [7, 11) is 0. The van der Waals surface area contributed by atoms with Crippen molar-refractivity contribution in [2.45, 2.75) is 52.4 Å². The van der Waals surface area contributed by atoms with Crippen LogP contribution in [-0.2, 0) is 0 Å². The Hall–Kier alpha value is -1.84. The Morgan fingerprint density at radius 3 is 1.20 bits per heavy atom. The molecule has 0 radical (unpaired) electrons. The maximum absolute atomic E-state index is 8.09. The minimum absolute atomic E-state index is 0.195.